The maximum absolute atomic E-state index is 13.7. The Morgan fingerprint density at radius 1 is 1.03 bits per heavy atom. The van der Waals surface area contributed by atoms with E-state index < -0.39 is 30.1 Å². The van der Waals surface area contributed by atoms with Gasteiger partial charge in [-0.25, -0.2) is 0 Å². The highest BCUT2D eigenvalue weighted by Gasteiger charge is 2.38. The second-order valence-corrected chi connectivity index (χ2v) is 10.6. The van der Waals surface area contributed by atoms with Crippen LogP contribution in [0.25, 0.3) is 6.08 Å². The Morgan fingerprint density at radius 2 is 1.66 bits per heavy atom. The number of amides is 3. The highest BCUT2D eigenvalue weighted by Crippen LogP contribution is 2.21. The minimum atomic E-state index is -0.996. The van der Waals surface area contributed by atoms with Gasteiger partial charge in [-0.05, 0) is 62.0 Å². The Hall–Kier alpha value is -2.87. The van der Waals surface area contributed by atoms with Crippen LogP contribution in [0.2, 0.25) is 0 Å². The van der Waals surface area contributed by atoms with Crippen molar-refractivity contribution in [1.29, 1.82) is 0 Å². The van der Waals surface area contributed by atoms with Crippen LogP contribution in [0, 0.1) is 17.8 Å². The predicted octanol–water partition coefficient (Wildman–Crippen LogP) is 2.79. The first kappa shape index (κ1) is 28.4. The van der Waals surface area contributed by atoms with Gasteiger partial charge in [0.25, 0.3) is 0 Å². The zero-order valence-corrected chi connectivity index (χ0v) is 22.3. The molecule has 0 fully saturated rings. The lowest BCUT2D eigenvalue weighted by atomic mass is 9.95. The van der Waals surface area contributed by atoms with Gasteiger partial charge in [-0.15, -0.1) is 0 Å². The zero-order valence-electron chi connectivity index (χ0n) is 22.3. The zero-order chi connectivity index (χ0) is 26.3. The summed E-state index contributed by atoms with van der Waals surface area (Å²) in [5, 5.41) is 8.62. The summed E-state index contributed by atoms with van der Waals surface area (Å²) in [4.78, 5) is 41.8. The van der Waals surface area contributed by atoms with Crippen LogP contribution in [0.4, 0.5) is 0 Å². The summed E-state index contributed by atoms with van der Waals surface area (Å²) in [6.45, 7) is 11.8. The van der Waals surface area contributed by atoms with Crippen LogP contribution in [0.5, 0.6) is 5.75 Å². The van der Waals surface area contributed by atoms with Crippen molar-refractivity contribution in [3.05, 3.63) is 36.0 Å². The summed E-state index contributed by atoms with van der Waals surface area (Å²) in [6, 6.07) is 5.21. The molecular weight excluding hydrogens is 444 g/mol. The van der Waals surface area contributed by atoms with Gasteiger partial charge >= 0.3 is 0 Å². The van der Waals surface area contributed by atoms with Crippen molar-refractivity contribution in [2.24, 2.45) is 17.8 Å². The fraction of sp³-hybridized carbons (Fsp3) is 0.593. The molecule has 2 aliphatic heterocycles. The quantitative estimate of drug-likeness (QED) is 0.550. The average Bonchev–Trinajstić information content (AvgIpc) is 2.75. The number of hydrogen-bond acceptors (Lipinski definition) is 5. The lowest BCUT2D eigenvalue weighted by molar-refractivity contribution is -0.136. The summed E-state index contributed by atoms with van der Waals surface area (Å²) in [5.74, 6) is -0.319. The van der Waals surface area contributed by atoms with Crippen LogP contribution in [0.3, 0.4) is 0 Å². The summed E-state index contributed by atoms with van der Waals surface area (Å²) < 4.78 is 6.29. The molecule has 2 bridgehead atoms. The molecule has 4 atom stereocenters. The van der Waals surface area contributed by atoms with E-state index in [-0.39, 0.29) is 29.6 Å². The highest BCUT2D eigenvalue weighted by molar-refractivity contribution is 5.94. The Labute approximate surface area is 209 Å². The normalized spacial score (nSPS) is 22.1. The third-order valence-electron chi connectivity index (χ3n) is 6.02. The number of carbonyl (C=O) groups is 3. The van der Waals surface area contributed by atoms with E-state index in [1.54, 1.807) is 12.3 Å². The predicted molar refractivity (Wildman–Crippen MR) is 139 cm³/mol. The first-order valence-corrected chi connectivity index (χ1v) is 12.4. The van der Waals surface area contributed by atoms with Crippen LogP contribution in [0.1, 0.15) is 53.5 Å². The third kappa shape index (κ3) is 8.09. The van der Waals surface area contributed by atoms with E-state index in [0.29, 0.717) is 12.2 Å². The van der Waals surface area contributed by atoms with Crippen molar-refractivity contribution in [2.45, 2.75) is 72.2 Å². The van der Waals surface area contributed by atoms with Gasteiger partial charge in [0.1, 0.15) is 23.9 Å². The van der Waals surface area contributed by atoms with E-state index >= 15 is 0 Å². The second-order valence-electron chi connectivity index (χ2n) is 10.6. The smallest absolute Gasteiger partial charge is 0.247 e. The number of nitrogens with zero attached hydrogens (tertiary/aromatic N) is 1. The minimum Gasteiger partial charge on any atom is -0.487 e. The summed E-state index contributed by atoms with van der Waals surface area (Å²) >= 11 is 0. The van der Waals surface area contributed by atoms with Crippen LogP contribution in [-0.4, -0.2) is 60.9 Å². The monoisotopic (exact) mass is 486 g/mol. The van der Waals surface area contributed by atoms with Gasteiger partial charge in [0.05, 0.1) is 6.04 Å². The molecule has 0 aliphatic carbocycles. The van der Waals surface area contributed by atoms with Crippen molar-refractivity contribution in [2.75, 3.05) is 14.1 Å². The molecule has 1 aromatic rings. The fourth-order valence-electron chi connectivity index (χ4n) is 4.36. The van der Waals surface area contributed by atoms with E-state index in [1.807, 2.05) is 84.8 Å². The Morgan fingerprint density at radius 3 is 2.17 bits per heavy atom. The summed E-state index contributed by atoms with van der Waals surface area (Å²) in [6.07, 6.45) is 3.17. The molecular formula is C27H42N4O4. The standard InChI is InChI=1S/C27H42N4O4/c1-16(2)15-21-25(32)28-14-13-19-9-11-20(12-10-19)35-24(18(5)6)22(26(33)29-21)30-27(34)23(17(3)4)31(7)8/h9-14,16-18,21-24H,15H2,1-8H3,(H,28,32)(H,29,33)(H,30,34)/t21-,22-,23+,24-/m1/s1. The summed E-state index contributed by atoms with van der Waals surface area (Å²) in [7, 11) is 3.68. The number of rotatable bonds is 7. The maximum atomic E-state index is 13.7. The molecule has 8 nitrogen and oxygen atoms in total. The van der Waals surface area contributed by atoms with Gasteiger partial charge < -0.3 is 20.7 Å². The van der Waals surface area contributed by atoms with Crippen molar-refractivity contribution in [3.63, 3.8) is 0 Å². The number of ether oxygens (including phenoxy) is 1. The molecule has 2 aliphatic rings. The van der Waals surface area contributed by atoms with E-state index in [1.165, 1.54) is 0 Å². The molecule has 8 heteroatoms. The van der Waals surface area contributed by atoms with E-state index in [4.69, 9.17) is 4.74 Å². The van der Waals surface area contributed by atoms with Crippen molar-refractivity contribution < 1.29 is 19.1 Å². The Balaban J connectivity index is 2.52. The first-order chi connectivity index (χ1) is 16.4. The highest BCUT2D eigenvalue weighted by atomic mass is 16.5. The van der Waals surface area contributed by atoms with Gasteiger partial charge in [0, 0.05) is 6.20 Å². The third-order valence-corrected chi connectivity index (χ3v) is 6.02. The molecule has 0 aromatic heterocycles. The molecule has 0 saturated heterocycles. The average molecular weight is 487 g/mol. The second kappa shape index (κ2) is 12.7. The molecule has 0 spiro atoms. The molecule has 3 rings (SSSR count). The van der Waals surface area contributed by atoms with Crippen LogP contribution in [-0.2, 0) is 14.4 Å². The molecule has 194 valence electrons. The van der Waals surface area contributed by atoms with Crippen LogP contribution in [0.15, 0.2) is 30.5 Å². The number of nitrogens with one attached hydrogen (secondary N) is 3. The molecule has 2 heterocycles. The minimum absolute atomic E-state index is 0.0313. The van der Waals surface area contributed by atoms with E-state index in [0.717, 1.165) is 5.56 Å². The number of carbonyl (C=O) groups excluding carboxylic acids is 3. The maximum Gasteiger partial charge on any atom is 0.247 e. The Bertz CT molecular complexity index is 885. The molecule has 0 saturated carbocycles. The number of benzene rings is 1. The fourth-order valence-corrected chi connectivity index (χ4v) is 4.36. The number of hydrogen-bond donors (Lipinski definition) is 3. The van der Waals surface area contributed by atoms with E-state index in [9.17, 15) is 14.4 Å². The van der Waals surface area contributed by atoms with Crippen LogP contribution < -0.4 is 20.7 Å². The topological polar surface area (TPSA) is 99.8 Å². The lowest BCUT2D eigenvalue weighted by Gasteiger charge is -2.34. The van der Waals surface area contributed by atoms with Crippen molar-refractivity contribution in [3.8, 4) is 5.75 Å². The first-order valence-electron chi connectivity index (χ1n) is 12.4. The number of likely N-dealkylation sites (N-methyl/N-ethyl adjacent to an activating group) is 1. The van der Waals surface area contributed by atoms with E-state index in [2.05, 4.69) is 16.0 Å². The van der Waals surface area contributed by atoms with Gasteiger partial charge in [-0.3, -0.25) is 19.3 Å². The SMILES string of the molecule is CC(C)C[C@H]1NC(=O)[C@H](NC(=O)[C@H](C(C)C)N(C)C)[C@@H](C(C)C)Oc2ccc(cc2)C=CNC1=O. The van der Waals surface area contributed by atoms with Gasteiger partial charge in [0.15, 0.2) is 0 Å². The number of fused-ring (bicyclic) bond motifs is 10. The largest absolute Gasteiger partial charge is 0.487 e. The van der Waals surface area contributed by atoms with Crippen molar-refractivity contribution >= 4 is 23.8 Å². The van der Waals surface area contributed by atoms with Gasteiger partial charge in [-0.1, -0.05) is 53.7 Å². The van der Waals surface area contributed by atoms with Gasteiger partial charge in [0.2, 0.25) is 17.7 Å². The molecule has 35 heavy (non-hydrogen) atoms. The molecule has 0 radical (unpaired) electrons. The molecule has 3 amide bonds. The Kier molecular flexibility index (Phi) is 10.3. The summed E-state index contributed by atoms with van der Waals surface area (Å²) in [5.41, 5.74) is 0.899. The van der Waals surface area contributed by atoms with Crippen molar-refractivity contribution in [1.82, 2.24) is 20.9 Å². The molecule has 3 N–H and O–H groups in total. The molecule has 1 aromatic carbocycles. The molecule has 0 unspecified atom stereocenters. The lowest BCUT2D eigenvalue weighted by Crippen LogP contribution is -2.62. The van der Waals surface area contributed by atoms with Crippen LogP contribution >= 0.6 is 0 Å². The van der Waals surface area contributed by atoms with Gasteiger partial charge in [-0.2, -0.15) is 0 Å².